The number of carbonyl (C=O) groups is 1. The predicted molar refractivity (Wildman–Crippen MR) is 72.8 cm³/mol. The van der Waals surface area contributed by atoms with Crippen LogP contribution in [0.4, 0.5) is 11.4 Å². The van der Waals surface area contributed by atoms with Crippen molar-refractivity contribution in [3.05, 3.63) is 34.3 Å². The van der Waals surface area contributed by atoms with Crippen LogP contribution < -0.4 is 11.1 Å². The van der Waals surface area contributed by atoms with Crippen molar-refractivity contribution in [3.63, 3.8) is 0 Å². The summed E-state index contributed by atoms with van der Waals surface area (Å²) >= 11 is 1.11. The molecule has 1 aromatic carbocycles. The molecule has 2 aromatic rings. The molecule has 3 N–H and O–H groups in total. The molecule has 6 heteroatoms. The van der Waals surface area contributed by atoms with Crippen LogP contribution in [0.25, 0.3) is 0 Å². The van der Waals surface area contributed by atoms with Crippen LogP contribution in [0.5, 0.6) is 0 Å². The average Bonchev–Trinajstić information content (AvgIpc) is 2.82. The third kappa shape index (κ3) is 2.48. The lowest BCUT2D eigenvalue weighted by atomic mass is 10.2. The molecule has 5 nitrogen and oxygen atoms in total. The number of carbonyl (C=O) groups excluding carboxylic acids is 1. The van der Waals surface area contributed by atoms with Crippen molar-refractivity contribution >= 4 is 28.8 Å². The van der Waals surface area contributed by atoms with Crippen LogP contribution in [0.3, 0.4) is 0 Å². The summed E-state index contributed by atoms with van der Waals surface area (Å²) in [6, 6.07) is 5.39. The lowest BCUT2D eigenvalue weighted by Crippen LogP contribution is -2.12. The average molecular weight is 262 g/mol. The van der Waals surface area contributed by atoms with Gasteiger partial charge in [-0.3, -0.25) is 4.79 Å². The van der Waals surface area contributed by atoms with Crippen molar-refractivity contribution in [2.45, 2.75) is 20.3 Å². The molecule has 0 atom stereocenters. The zero-order valence-electron chi connectivity index (χ0n) is 10.2. The Bertz CT molecular complexity index is 579. The maximum Gasteiger partial charge on any atom is 0.269 e. The monoisotopic (exact) mass is 262 g/mol. The van der Waals surface area contributed by atoms with Crippen molar-refractivity contribution in [2.75, 3.05) is 11.1 Å². The van der Waals surface area contributed by atoms with E-state index in [-0.39, 0.29) is 5.91 Å². The van der Waals surface area contributed by atoms with Gasteiger partial charge in [0.15, 0.2) is 0 Å². The van der Waals surface area contributed by atoms with E-state index < -0.39 is 0 Å². The first-order valence-corrected chi connectivity index (χ1v) is 6.38. The first-order valence-electron chi connectivity index (χ1n) is 5.60. The highest BCUT2D eigenvalue weighted by atomic mass is 32.1. The van der Waals surface area contributed by atoms with Gasteiger partial charge in [0, 0.05) is 11.4 Å². The summed E-state index contributed by atoms with van der Waals surface area (Å²) in [5.74, 6) is -0.175. The summed E-state index contributed by atoms with van der Waals surface area (Å²) in [7, 11) is 0. The molecule has 1 heterocycles. The third-order valence-corrected chi connectivity index (χ3v) is 3.39. The van der Waals surface area contributed by atoms with Crippen LogP contribution in [0.1, 0.15) is 27.9 Å². The second-order valence-electron chi connectivity index (χ2n) is 3.93. The zero-order valence-corrected chi connectivity index (χ0v) is 11.0. The van der Waals surface area contributed by atoms with E-state index in [1.165, 1.54) is 0 Å². The second-order valence-corrected chi connectivity index (χ2v) is 4.68. The van der Waals surface area contributed by atoms with E-state index in [0.717, 1.165) is 28.5 Å². The highest BCUT2D eigenvalue weighted by Gasteiger charge is 2.15. The highest BCUT2D eigenvalue weighted by Crippen LogP contribution is 2.19. The number of aryl methyl sites for hydroxylation is 2. The number of aromatic nitrogens is 2. The highest BCUT2D eigenvalue weighted by molar-refractivity contribution is 7.08. The Labute approximate surface area is 109 Å². The van der Waals surface area contributed by atoms with E-state index >= 15 is 0 Å². The Morgan fingerprint density at radius 3 is 2.94 bits per heavy atom. The van der Waals surface area contributed by atoms with Crippen LogP contribution in [0.2, 0.25) is 0 Å². The maximum atomic E-state index is 12.0. The van der Waals surface area contributed by atoms with Gasteiger partial charge >= 0.3 is 0 Å². The van der Waals surface area contributed by atoms with E-state index in [9.17, 15) is 4.79 Å². The van der Waals surface area contributed by atoms with Gasteiger partial charge in [-0.2, -0.15) is 0 Å². The van der Waals surface area contributed by atoms with E-state index in [2.05, 4.69) is 14.9 Å². The van der Waals surface area contributed by atoms with E-state index in [0.29, 0.717) is 17.0 Å². The number of amides is 1. The van der Waals surface area contributed by atoms with Crippen LogP contribution in [-0.2, 0) is 6.42 Å². The summed E-state index contributed by atoms with van der Waals surface area (Å²) in [5, 5.41) is 6.74. The molecular weight excluding hydrogens is 248 g/mol. The van der Waals surface area contributed by atoms with Gasteiger partial charge < -0.3 is 11.1 Å². The SMILES string of the molecule is CCc1nnsc1C(=O)Nc1ccc(N)c(C)c1. The summed E-state index contributed by atoms with van der Waals surface area (Å²) in [5.41, 5.74) is 8.83. The standard InChI is InChI=1S/C12H14N4OS/c1-3-10-11(18-16-15-10)12(17)14-8-4-5-9(13)7(2)6-8/h4-6H,3,13H2,1-2H3,(H,14,17). The van der Waals surface area contributed by atoms with Crippen molar-refractivity contribution in [3.8, 4) is 0 Å². The number of nitrogens with zero attached hydrogens (tertiary/aromatic N) is 2. The molecule has 1 aromatic heterocycles. The van der Waals surface area contributed by atoms with Gasteiger partial charge in [-0.1, -0.05) is 11.4 Å². The van der Waals surface area contributed by atoms with Gasteiger partial charge in [-0.05, 0) is 48.6 Å². The van der Waals surface area contributed by atoms with Gasteiger partial charge in [0.2, 0.25) is 0 Å². The lowest BCUT2D eigenvalue weighted by Gasteiger charge is -2.06. The number of hydrogen-bond donors (Lipinski definition) is 2. The molecule has 94 valence electrons. The van der Waals surface area contributed by atoms with Crippen LogP contribution >= 0.6 is 11.5 Å². The number of benzene rings is 1. The van der Waals surface area contributed by atoms with Crippen molar-refractivity contribution in [2.24, 2.45) is 0 Å². The summed E-state index contributed by atoms with van der Waals surface area (Å²) in [6.07, 6.45) is 0.694. The Kier molecular flexibility index (Phi) is 3.57. The molecule has 0 spiro atoms. The number of rotatable bonds is 3. The van der Waals surface area contributed by atoms with Crippen molar-refractivity contribution < 1.29 is 4.79 Å². The molecule has 0 fully saturated rings. The second kappa shape index (κ2) is 5.14. The minimum atomic E-state index is -0.175. The van der Waals surface area contributed by atoms with Gasteiger partial charge in [0.25, 0.3) is 5.91 Å². The van der Waals surface area contributed by atoms with Gasteiger partial charge in [-0.25, -0.2) is 0 Å². The number of hydrogen-bond acceptors (Lipinski definition) is 5. The molecule has 0 saturated heterocycles. The predicted octanol–water partition coefficient (Wildman–Crippen LogP) is 2.24. The number of anilines is 2. The quantitative estimate of drug-likeness (QED) is 0.831. The molecule has 0 aliphatic heterocycles. The molecule has 0 aliphatic rings. The maximum absolute atomic E-state index is 12.0. The topological polar surface area (TPSA) is 80.9 Å². The third-order valence-electron chi connectivity index (χ3n) is 2.62. The van der Waals surface area contributed by atoms with Crippen molar-refractivity contribution in [1.29, 1.82) is 0 Å². The fraction of sp³-hybridized carbons (Fsp3) is 0.250. The first kappa shape index (κ1) is 12.5. The van der Waals surface area contributed by atoms with Crippen molar-refractivity contribution in [1.82, 2.24) is 9.59 Å². The molecular formula is C12H14N4OS. The summed E-state index contributed by atoms with van der Waals surface area (Å²) in [4.78, 5) is 12.6. The smallest absolute Gasteiger partial charge is 0.269 e. The molecule has 0 unspecified atom stereocenters. The normalized spacial score (nSPS) is 10.3. The zero-order chi connectivity index (χ0) is 13.1. The summed E-state index contributed by atoms with van der Waals surface area (Å²) < 4.78 is 3.80. The molecule has 0 bridgehead atoms. The van der Waals surface area contributed by atoms with E-state index in [1.54, 1.807) is 12.1 Å². The number of nitrogens with one attached hydrogen (secondary N) is 1. The van der Waals surface area contributed by atoms with Gasteiger partial charge in [0.05, 0.1) is 5.69 Å². The number of nitrogen functional groups attached to an aromatic ring is 1. The Hall–Kier alpha value is -1.95. The lowest BCUT2D eigenvalue weighted by molar-refractivity contribution is 0.102. The Balaban J connectivity index is 2.19. The minimum Gasteiger partial charge on any atom is -0.399 e. The fourth-order valence-electron chi connectivity index (χ4n) is 1.55. The van der Waals surface area contributed by atoms with Crippen LogP contribution in [0, 0.1) is 6.92 Å². The molecule has 2 rings (SSSR count). The van der Waals surface area contributed by atoms with Crippen LogP contribution in [0.15, 0.2) is 18.2 Å². The fourth-order valence-corrected chi connectivity index (χ4v) is 2.20. The van der Waals surface area contributed by atoms with Gasteiger partial charge in [-0.15, -0.1) is 5.10 Å². The minimum absolute atomic E-state index is 0.175. The van der Waals surface area contributed by atoms with Gasteiger partial charge in [0.1, 0.15) is 4.88 Å². The van der Waals surface area contributed by atoms with E-state index in [1.807, 2.05) is 19.9 Å². The Morgan fingerprint density at radius 1 is 1.50 bits per heavy atom. The summed E-state index contributed by atoms with van der Waals surface area (Å²) in [6.45, 7) is 3.84. The molecule has 18 heavy (non-hydrogen) atoms. The molecule has 1 amide bonds. The first-order chi connectivity index (χ1) is 8.61. The van der Waals surface area contributed by atoms with Crippen LogP contribution in [-0.4, -0.2) is 15.5 Å². The molecule has 0 saturated carbocycles. The molecule has 0 radical (unpaired) electrons. The Morgan fingerprint density at radius 2 is 2.28 bits per heavy atom. The largest absolute Gasteiger partial charge is 0.399 e. The van der Waals surface area contributed by atoms with E-state index in [4.69, 9.17) is 5.73 Å². The number of nitrogens with two attached hydrogens (primary N) is 1. The molecule has 0 aliphatic carbocycles.